The third kappa shape index (κ3) is 3.07. The number of fused-ring (bicyclic) bond motifs is 1. The number of benzene rings is 1. The number of carbonyl (C=O) groups excluding carboxylic acids is 1. The predicted molar refractivity (Wildman–Crippen MR) is 94.9 cm³/mol. The number of hydrogen-bond donors (Lipinski definition) is 2. The molecular formula is C16H14FN3O2S2. The summed E-state index contributed by atoms with van der Waals surface area (Å²) < 4.78 is 13.1. The number of halogens is 1. The van der Waals surface area contributed by atoms with Gasteiger partial charge in [-0.15, -0.1) is 11.3 Å². The van der Waals surface area contributed by atoms with Crippen LogP contribution in [0.1, 0.15) is 11.8 Å². The van der Waals surface area contributed by atoms with Gasteiger partial charge in [0.1, 0.15) is 10.6 Å². The molecule has 0 fully saturated rings. The number of aromatic amines is 1. The number of aromatic nitrogens is 2. The van der Waals surface area contributed by atoms with Crippen molar-refractivity contribution in [2.24, 2.45) is 5.73 Å². The van der Waals surface area contributed by atoms with Crippen molar-refractivity contribution in [3.05, 3.63) is 45.3 Å². The SMILES string of the molecule is Cc1sc2nc(SC(C)C(N)=O)[nH]c(=O)c2c1-c1ccc(F)cc1. The fourth-order valence-corrected chi connectivity index (χ4v) is 4.19. The molecule has 0 bridgehead atoms. The Balaban J connectivity index is 2.13. The highest BCUT2D eigenvalue weighted by molar-refractivity contribution is 8.00. The maximum Gasteiger partial charge on any atom is 0.260 e. The van der Waals surface area contributed by atoms with Crippen LogP contribution < -0.4 is 11.3 Å². The van der Waals surface area contributed by atoms with Gasteiger partial charge in [-0.25, -0.2) is 9.37 Å². The number of nitrogens with one attached hydrogen (secondary N) is 1. The van der Waals surface area contributed by atoms with Gasteiger partial charge in [0, 0.05) is 10.4 Å². The van der Waals surface area contributed by atoms with Gasteiger partial charge in [-0.3, -0.25) is 9.59 Å². The molecule has 0 spiro atoms. The average Bonchev–Trinajstić information content (AvgIpc) is 2.84. The zero-order chi connectivity index (χ0) is 17.4. The van der Waals surface area contributed by atoms with Crippen LogP contribution in [-0.2, 0) is 4.79 Å². The predicted octanol–water partition coefficient (Wildman–Crippen LogP) is 3.07. The number of rotatable bonds is 4. The lowest BCUT2D eigenvalue weighted by Crippen LogP contribution is -2.23. The van der Waals surface area contributed by atoms with Crippen molar-refractivity contribution < 1.29 is 9.18 Å². The smallest absolute Gasteiger partial charge is 0.260 e. The van der Waals surface area contributed by atoms with Crippen LogP contribution in [0.2, 0.25) is 0 Å². The summed E-state index contributed by atoms with van der Waals surface area (Å²) in [6.45, 7) is 3.55. The fourth-order valence-electron chi connectivity index (χ4n) is 2.34. The second-order valence-electron chi connectivity index (χ2n) is 5.25. The third-order valence-electron chi connectivity index (χ3n) is 3.54. The molecule has 3 aromatic rings. The summed E-state index contributed by atoms with van der Waals surface area (Å²) >= 11 is 2.50. The van der Waals surface area contributed by atoms with E-state index in [9.17, 15) is 14.0 Å². The molecule has 0 saturated heterocycles. The Bertz CT molecular complexity index is 979. The number of thiophene rings is 1. The Morgan fingerprint density at radius 3 is 2.67 bits per heavy atom. The number of thioether (sulfide) groups is 1. The van der Waals surface area contributed by atoms with Crippen LogP contribution in [0.3, 0.4) is 0 Å². The van der Waals surface area contributed by atoms with E-state index in [1.54, 1.807) is 19.1 Å². The highest BCUT2D eigenvalue weighted by atomic mass is 32.2. The summed E-state index contributed by atoms with van der Waals surface area (Å²) in [5.41, 5.74) is 6.47. The van der Waals surface area contributed by atoms with Gasteiger partial charge in [-0.05, 0) is 31.5 Å². The molecule has 0 aliphatic carbocycles. The molecule has 0 aliphatic rings. The molecule has 5 nitrogen and oxygen atoms in total. The maximum atomic E-state index is 13.1. The first kappa shape index (κ1) is 16.7. The standard InChI is InChI=1S/C16H14FN3O2S2/c1-7-11(9-3-5-10(17)6-4-9)12-14(22)19-16(20-15(12)23-7)24-8(2)13(18)21/h3-6,8H,1-2H3,(H2,18,21)(H,19,20,22). The van der Waals surface area contributed by atoms with E-state index in [1.165, 1.54) is 23.5 Å². The zero-order valence-electron chi connectivity index (χ0n) is 12.9. The first-order chi connectivity index (χ1) is 11.4. The number of nitrogens with two attached hydrogens (primary N) is 1. The van der Waals surface area contributed by atoms with Gasteiger partial charge in [0.25, 0.3) is 5.56 Å². The van der Waals surface area contributed by atoms with Crippen molar-refractivity contribution in [3.8, 4) is 11.1 Å². The van der Waals surface area contributed by atoms with E-state index in [0.717, 1.165) is 27.8 Å². The fraction of sp³-hybridized carbons (Fsp3) is 0.188. The molecule has 0 saturated carbocycles. The number of H-pyrrole nitrogens is 1. The van der Waals surface area contributed by atoms with Crippen molar-refractivity contribution in [1.82, 2.24) is 9.97 Å². The van der Waals surface area contributed by atoms with Gasteiger partial charge >= 0.3 is 0 Å². The second-order valence-corrected chi connectivity index (χ2v) is 7.79. The van der Waals surface area contributed by atoms with Crippen LogP contribution in [0.4, 0.5) is 4.39 Å². The number of hydrogen-bond acceptors (Lipinski definition) is 5. The zero-order valence-corrected chi connectivity index (χ0v) is 14.6. The van der Waals surface area contributed by atoms with Crippen molar-refractivity contribution in [1.29, 1.82) is 0 Å². The van der Waals surface area contributed by atoms with Gasteiger partial charge in [0.2, 0.25) is 5.91 Å². The number of nitrogens with zero attached hydrogens (tertiary/aromatic N) is 1. The molecule has 2 heterocycles. The highest BCUT2D eigenvalue weighted by Crippen LogP contribution is 2.36. The molecule has 3 N–H and O–H groups in total. The molecule has 8 heteroatoms. The normalized spacial score (nSPS) is 12.5. The maximum absolute atomic E-state index is 13.1. The number of aryl methyl sites for hydroxylation is 1. The van der Waals surface area contributed by atoms with Gasteiger partial charge in [-0.1, -0.05) is 23.9 Å². The molecule has 1 aromatic carbocycles. The topological polar surface area (TPSA) is 88.8 Å². The minimum Gasteiger partial charge on any atom is -0.369 e. The number of primary amides is 1. The van der Waals surface area contributed by atoms with E-state index in [1.807, 2.05) is 6.92 Å². The molecular weight excluding hydrogens is 349 g/mol. The molecule has 0 radical (unpaired) electrons. The van der Waals surface area contributed by atoms with Crippen LogP contribution in [0.25, 0.3) is 21.3 Å². The Kier molecular flexibility index (Phi) is 4.42. The summed E-state index contributed by atoms with van der Waals surface area (Å²) in [4.78, 5) is 32.3. The molecule has 1 amide bonds. The number of carbonyl (C=O) groups is 1. The molecule has 1 atom stereocenters. The first-order valence-corrected chi connectivity index (χ1v) is 8.81. The Hall–Kier alpha value is -2.19. The summed E-state index contributed by atoms with van der Waals surface area (Å²) in [5, 5.41) is 0.328. The van der Waals surface area contributed by atoms with Crippen LogP contribution in [0.5, 0.6) is 0 Å². The first-order valence-electron chi connectivity index (χ1n) is 7.12. The minimum atomic E-state index is -0.497. The van der Waals surface area contributed by atoms with Gasteiger partial charge in [0.05, 0.1) is 10.6 Å². The summed E-state index contributed by atoms with van der Waals surface area (Å²) in [6.07, 6.45) is 0. The average molecular weight is 363 g/mol. The van der Waals surface area contributed by atoms with Crippen LogP contribution in [-0.4, -0.2) is 21.1 Å². The van der Waals surface area contributed by atoms with Crippen LogP contribution in [0, 0.1) is 12.7 Å². The Morgan fingerprint density at radius 1 is 1.38 bits per heavy atom. The van der Waals surface area contributed by atoms with Crippen molar-refractivity contribution in [2.75, 3.05) is 0 Å². The number of amides is 1. The van der Waals surface area contributed by atoms with Crippen LogP contribution in [0.15, 0.2) is 34.2 Å². The summed E-state index contributed by atoms with van der Waals surface area (Å²) in [7, 11) is 0. The minimum absolute atomic E-state index is 0.289. The van der Waals surface area contributed by atoms with E-state index < -0.39 is 11.2 Å². The monoisotopic (exact) mass is 363 g/mol. The lowest BCUT2D eigenvalue weighted by Gasteiger charge is -2.06. The van der Waals surface area contributed by atoms with E-state index in [-0.39, 0.29) is 11.4 Å². The highest BCUT2D eigenvalue weighted by Gasteiger charge is 2.18. The lowest BCUT2D eigenvalue weighted by molar-refractivity contribution is -0.117. The Labute approximate surface area is 145 Å². The van der Waals surface area contributed by atoms with Gasteiger partial charge < -0.3 is 10.7 Å². The second kappa shape index (κ2) is 6.37. The molecule has 2 aromatic heterocycles. The van der Waals surface area contributed by atoms with Crippen molar-refractivity contribution in [2.45, 2.75) is 24.3 Å². The summed E-state index contributed by atoms with van der Waals surface area (Å²) in [5.74, 6) is -0.806. The largest absolute Gasteiger partial charge is 0.369 e. The van der Waals surface area contributed by atoms with E-state index >= 15 is 0 Å². The molecule has 124 valence electrons. The van der Waals surface area contributed by atoms with Gasteiger partial charge in [0.15, 0.2) is 5.16 Å². The van der Waals surface area contributed by atoms with Crippen molar-refractivity contribution in [3.63, 3.8) is 0 Å². The third-order valence-corrected chi connectivity index (χ3v) is 5.54. The molecule has 3 rings (SSSR count). The lowest BCUT2D eigenvalue weighted by atomic mass is 10.0. The van der Waals surface area contributed by atoms with E-state index in [4.69, 9.17) is 5.73 Å². The summed E-state index contributed by atoms with van der Waals surface area (Å²) in [6, 6.07) is 6.00. The van der Waals surface area contributed by atoms with Crippen molar-refractivity contribution >= 4 is 39.2 Å². The van der Waals surface area contributed by atoms with E-state index in [0.29, 0.717) is 15.4 Å². The Morgan fingerprint density at radius 2 is 2.04 bits per heavy atom. The van der Waals surface area contributed by atoms with Gasteiger partial charge in [-0.2, -0.15) is 0 Å². The van der Waals surface area contributed by atoms with Crippen LogP contribution >= 0.6 is 23.1 Å². The quantitative estimate of drug-likeness (QED) is 0.551. The molecule has 24 heavy (non-hydrogen) atoms. The van der Waals surface area contributed by atoms with E-state index in [2.05, 4.69) is 9.97 Å². The molecule has 0 aliphatic heterocycles. The molecule has 1 unspecified atom stereocenters.